The van der Waals surface area contributed by atoms with E-state index < -0.39 is 0 Å². The van der Waals surface area contributed by atoms with Crippen molar-refractivity contribution in [3.8, 4) is 17.2 Å². The van der Waals surface area contributed by atoms with Gasteiger partial charge in [0.2, 0.25) is 0 Å². The zero-order valence-corrected chi connectivity index (χ0v) is 16.2. The first-order valence-corrected chi connectivity index (χ1v) is 9.08. The van der Waals surface area contributed by atoms with Gasteiger partial charge < -0.3 is 15.2 Å². The van der Waals surface area contributed by atoms with Gasteiger partial charge in [-0.2, -0.15) is 0 Å². The maximum atomic E-state index is 6.30. The lowest BCUT2D eigenvalue weighted by molar-refractivity contribution is 0.376. The Hall–Kier alpha value is -2.00. The van der Waals surface area contributed by atoms with E-state index in [1.807, 2.05) is 18.2 Å². The smallest absolute Gasteiger partial charge is 0.169 e. The van der Waals surface area contributed by atoms with Gasteiger partial charge in [0.25, 0.3) is 0 Å². The monoisotopic (exact) mass is 341 g/mol. The van der Waals surface area contributed by atoms with E-state index in [-0.39, 0.29) is 5.41 Å². The quantitative estimate of drug-likeness (QED) is 0.749. The molecule has 2 aromatic rings. The summed E-state index contributed by atoms with van der Waals surface area (Å²) in [5, 5.41) is 0. The molecule has 136 valence electrons. The molecule has 3 heteroatoms. The minimum absolute atomic E-state index is 0.0823. The van der Waals surface area contributed by atoms with Gasteiger partial charge in [-0.15, -0.1) is 0 Å². The summed E-state index contributed by atoms with van der Waals surface area (Å²) in [5.41, 5.74) is 9.51. The fourth-order valence-electron chi connectivity index (χ4n) is 3.11. The molecule has 0 saturated carbocycles. The number of methoxy groups -OCH3 is 1. The van der Waals surface area contributed by atoms with Crippen LogP contribution in [0.1, 0.15) is 50.8 Å². The molecule has 0 heterocycles. The first-order chi connectivity index (χ1) is 11.9. The van der Waals surface area contributed by atoms with Crippen molar-refractivity contribution in [3.05, 3.63) is 53.1 Å². The SMILES string of the molecule is CCCc1c(Oc2ccc(CCN)cc2OC)cccc1C(C)(C)C. The Kier molecular flexibility index (Phi) is 6.49. The second kappa shape index (κ2) is 8.39. The molecule has 0 saturated heterocycles. The molecule has 0 spiro atoms. The number of ether oxygens (including phenoxy) is 2. The van der Waals surface area contributed by atoms with Crippen LogP contribution in [0.2, 0.25) is 0 Å². The predicted molar refractivity (Wildman–Crippen MR) is 105 cm³/mol. The molecule has 0 aliphatic rings. The fraction of sp³-hybridized carbons (Fsp3) is 0.455. The standard InChI is InChI=1S/C22H31NO2/c1-6-8-17-18(22(2,3)4)9-7-10-19(17)25-20-12-11-16(13-14-23)15-21(20)24-5/h7,9-12,15H,6,8,13-14,23H2,1-5H3. The van der Waals surface area contributed by atoms with Crippen LogP contribution in [0.3, 0.4) is 0 Å². The van der Waals surface area contributed by atoms with E-state index >= 15 is 0 Å². The zero-order valence-electron chi connectivity index (χ0n) is 16.2. The average Bonchev–Trinajstić information content (AvgIpc) is 2.57. The highest BCUT2D eigenvalue weighted by atomic mass is 16.5. The van der Waals surface area contributed by atoms with Gasteiger partial charge in [-0.1, -0.05) is 52.3 Å². The normalized spacial score (nSPS) is 11.4. The van der Waals surface area contributed by atoms with Crippen molar-refractivity contribution in [2.45, 2.75) is 52.4 Å². The van der Waals surface area contributed by atoms with Gasteiger partial charge in [0.05, 0.1) is 7.11 Å². The van der Waals surface area contributed by atoms with E-state index in [1.54, 1.807) is 7.11 Å². The summed E-state index contributed by atoms with van der Waals surface area (Å²) in [6.45, 7) is 9.55. The van der Waals surface area contributed by atoms with Crippen molar-refractivity contribution in [3.63, 3.8) is 0 Å². The Balaban J connectivity index is 2.43. The van der Waals surface area contributed by atoms with E-state index in [9.17, 15) is 0 Å². The lowest BCUT2D eigenvalue weighted by atomic mass is 9.82. The van der Waals surface area contributed by atoms with Crippen molar-refractivity contribution < 1.29 is 9.47 Å². The summed E-state index contributed by atoms with van der Waals surface area (Å²) in [6, 6.07) is 12.4. The summed E-state index contributed by atoms with van der Waals surface area (Å²) < 4.78 is 11.8. The summed E-state index contributed by atoms with van der Waals surface area (Å²) in [6.07, 6.45) is 2.91. The van der Waals surface area contributed by atoms with Crippen LogP contribution in [0.4, 0.5) is 0 Å². The topological polar surface area (TPSA) is 44.5 Å². The molecular weight excluding hydrogens is 310 g/mol. The molecule has 0 atom stereocenters. The van der Waals surface area contributed by atoms with Crippen LogP contribution in [0.5, 0.6) is 17.2 Å². The molecule has 2 aromatic carbocycles. The van der Waals surface area contributed by atoms with Crippen molar-refractivity contribution in [1.29, 1.82) is 0 Å². The first-order valence-electron chi connectivity index (χ1n) is 9.08. The van der Waals surface area contributed by atoms with Gasteiger partial charge in [0, 0.05) is 0 Å². The molecule has 0 radical (unpaired) electrons. The molecule has 0 unspecified atom stereocenters. The predicted octanol–water partition coefficient (Wildman–Crippen LogP) is 5.24. The maximum absolute atomic E-state index is 6.30. The van der Waals surface area contributed by atoms with Crippen LogP contribution in [-0.2, 0) is 18.3 Å². The van der Waals surface area contributed by atoms with Crippen LogP contribution in [0, 0.1) is 0 Å². The number of nitrogens with two attached hydrogens (primary N) is 1. The summed E-state index contributed by atoms with van der Waals surface area (Å²) in [4.78, 5) is 0. The molecule has 2 N–H and O–H groups in total. The molecule has 25 heavy (non-hydrogen) atoms. The van der Waals surface area contributed by atoms with Crippen LogP contribution < -0.4 is 15.2 Å². The van der Waals surface area contributed by atoms with Gasteiger partial charge in [-0.05, 0) is 59.7 Å². The Labute approximate surface area is 152 Å². The maximum Gasteiger partial charge on any atom is 0.169 e. The van der Waals surface area contributed by atoms with Crippen molar-refractivity contribution in [1.82, 2.24) is 0 Å². The lowest BCUT2D eigenvalue weighted by Crippen LogP contribution is -2.15. The number of rotatable bonds is 7. The van der Waals surface area contributed by atoms with Crippen molar-refractivity contribution in [2.75, 3.05) is 13.7 Å². The molecule has 0 fully saturated rings. The second-order valence-electron chi connectivity index (χ2n) is 7.41. The molecular formula is C22H31NO2. The molecule has 3 nitrogen and oxygen atoms in total. The Morgan fingerprint density at radius 3 is 2.32 bits per heavy atom. The van der Waals surface area contributed by atoms with Gasteiger partial charge in [-0.3, -0.25) is 0 Å². The molecule has 2 rings (SSSR count). The van der Waals surface area contributed by atoms with E-state index in [1.165, 1.54) is 11.1 Å². The number of hydrogen-bond acceptors (Lipinski definition) is 3. The van der Waals surface area contributed by atoms with Crippen LogP contribution in [0.25, 0.3) is 0 Å². The van der Waals surface area contributed by atoms with E-state index in [2.05, 4.69) is 45.9 Å². The summed E-state index contributed by atoms with van der Waals surface area (Å²) in [7, 11) is 1.67. The van der Waals surface area contributed by atoms with Gasteiger partial charge in [0.1, 0.15) is 5.75 Å². The molecule has 0 aromatic heterocycles. The summed E-state index contributed by atoms with van der Waals surface area (Å²) >= 11 is 0. The van der Waals surface area contributed by atoms with Crippen LogP contribution in [0.15, 0.2) is 36.4 Å². The highest BCUT2D eigenvalue weighted by Crippen LogP contribution is 2.38. The second-order valence-corrected chi connectivity index (χ2v) is 7.41. The minimum atomic E-state index is 0.0823. The molecule has 0 bridgehead atoms. The molecule has 0 aliphatic heterocycles. The minimum Gasteiger partial charge on any atom is -0.493 e. The third kappa shape index (κ3) is 4.76. The highest BCUT2D eigenvalue weighted by molar-refractivity contribution is 5.50. The molecule has 0 amide bonds. The largest absolute Gasteiger partial charge is 0.493 e. The van der Waals surface area contributed by atoms with Crippen molar-refractivity contribution >= 4 is 0 Å². The van der Waals surface area contributed by atoms with E-state index in [0.717, 1.165) is 42.1 Å². The van der Waals surface area contributed by atoms with Gasteiger partial charge in [-0.25, -0.2) is 0 Å². The Bertz CT molecular complexity index is 702. The van der Waals surface area contributed by atoms with Crippen LogP contribution >= 0.6 is 0 Å². The van der Waals surface area contributed by atoms with Gasteiger partial charge in [0.15, 0.2) is 11.5 Å². The van der Waals surface area contributed by atoms with E-state index in [0.29, 0.717) is 6.54 Å². The number of benzene rings is 2. The average molecular weight is 341 g/mol. The molecule has 0 aliphatic carbocycles. The first kappa shape index (κ1) is 19.3. The third-order valence-corrected chi connectivity index (χ3v) is 4.32. The van der Waals surface area contributed by atoms with Gasteiger partial charge >= 0.3 is 0 Å². The van der Waals surface area contributed by atoms with E-state index in [4.69, 9.17) is 15.2 Å². The fourth-order valence-corrected chi connectivity index (χ4v) is 3.11. The zero-order chi connectivity index (χ0) is 18.4. The van der Waals surface area contributed by atoms with Crippen LogP contribution in [-0.4, -0.2) is 13.7 Å². The number of hydrogen-bond donors (Lipinski definition) is 1. The summed E-state index contributed by atoms with van der Waals surface area (Å²) in [5.74, 6) is 2.40. The highest BCUT2D eigenvalue weighted by Gasteiger charge is 2.21. The lowest BCUT2D eigenvalue weighted by Gasteiger charge is -2.25. The Morgan fingerprint density at radius 1 is 0.960 bits per heavy atom. The third-order valence-electron chi connectivity index (χ3n) is 4.32. The Morgan fingerprint density at radius 2 is 1.72 bits per heavy atom. The van der Waals surface area contributed by atoms with Crippen molar-refractivity contribution in [2.24, 2.45) is 5.73 Å².